The van der Waals surface area contributed by atoms with Crippen LogP contribution in [-0.4, -0.2) is 63.2 Å². The molecule has 0 unspecified atom stereocenters. The van der Waals surface area contributed by atoms with E-state index in [1.54, 1.807) is 6.92 Å². The maximum atomic E-state index is 13.2. The molecule has 2 heterocycles. The molecule has 162 valence electrons. The number of benzene rings is 2. The number of rotatable bonds is 4. The second-order valence-electron chi connectivity index (χ2n) is 8.12. The fraction of sp³-hybridized carbons (Fsp3) is 0.375. The molecule has 1 saturated heterocycles. The van der Waals surface area contributed by atoms with Crippen molar-refractivity contribution in [3.8, 4) is 5.75 Å². The molecule has 0 radical (unpaired) electrons. The maximum absolute atomic E-state index is 13.2. The Balaban J connectivity index is 1.44. The van der Waals surface area contributed by atoms with Gasteiger partial charge in [0, 0.05) is 38.3 Å². The standard InChI is InChI=1S/C24H28N4O3/c1-16-15-27(24(30)19-9-6-5-7-10-19)13-14-28(16)23(29)18(3)31-21-12-8-11-20-22(21)17(2)25-26(20)4/h5-12,16,18H,13-15H2,1-4H3/t16-,18-/m1/s1. The number of amides is 2. The fourth-order valence-electron chi connectivity index (χ4n) is 4.29. The Hall–Kier alpha value is -3.35. The lowest BCUT2D eigenvalue weighted by atomic mass is 10.1. The number of aromatic nitrogens is 2. The minimum absolute atomic E-state index is 0.00239. The van der Waals surface area contributed by atoms with E-state index >= 15 is 0 Å². The molecule has 7 nitrogen and oxygen atoms in total. The average molecular weight is 421 g/mol. The largest absolute Gasteiger partial charge is 0.480 e. The van der Waals surface area contributed by atoms with E-state index in [-0.39, 0.29) is 17.9 Å². The maximum Gasteiger partial charge on any atom is 0.263 e. The molecule has 1 aliphatic heterocycles. The van der Waals surface area contributed by atoms with Gasteiger partial charge in [0.15, 0.2) is 6.10 Å². The zero-order chi connectivity index (χ0) is 22.1. The summed E-state index contributed by atoms with van der Waals surface area (Å²) in [5.74, 6) is 0.593. The molecule has 0 N–H and O–H groups in total. The number of fused-ring (bicyclic) bond motifs is 1. The Morgan fingerprint density at radius 3 is 2.55 bits per heavy atom. The zero-order valence-corrected chi connectivity index (χ0v) is 18.4. The molecule has 1 aromatic heterocycles. The summed E-state index contributed by atoms with van der Waals surface area (Å²) in [6.45, 7) is 7.19. The summed E-state index contributed by atoms with van der Waals surface area (Å²) in [6.07, 6.45) is -0.635. The van der Waals surface area contributed by atoms with Gasteiger partial charge in [-0.15, -0.1) is 0 Å². The van der Waals surface area contributed by atoms with Gasteiger partial charge in [-0.05, 0) is 45.0 Å². The Morgan fingerprint density at radius 2 is 1.84 bits per heavy atom. The predicted molar refractivity (Wildman–Crippen MR) is 119 cm³/mol. The number of aryl methyl sites for hydroxylation is 2. The first-order valence-corrected chi connectivity index (χ1v) is 10.6. The van der Waals surface area contributed by atoms with Crippen molar-refractivity contribution in [2.24, 2.45) is 7.05 Å². The molecule has 0 aliphatic carbocycles. The van der Waals surface area contributed by atoms with Crippen LogP contribution in [0.25, 0.3) is 10.9 Å². The van der Waals surface area contributed by atoms with Crippen LogP contribution in [0.15, 0.2) is 48.5 Å². The van der Waals surface area contributed by atoms with Crippen molar-refractivity contribution in [2.45, 2.75) is 32.9 Å². The molecule has 0 spiro atoms. The molecule has 1 aliphatic rings. The summed E-state index contributed by atoms with van der Waals surface area (Å²) in [7, 11) is 1.89. The lowest BCUT2D eigenvalue weighted by Gasteiger charge is -2.40. The minimum atomic E-state index is -0.635. The van der Waals surface area contributed by atoms with Gasteiger partial charge in [0.25, 0.3) is 11.8 Å². The number of nitrogens with zero attached hydrogens (tertiary/aromatic N) is 4. The molecule has 0 bridgehead atoms. The quantitative estimate of drug-likeness (QED) is 0.651. The number of piperazine rings is 1. The summed E-state index contributed by atoms with van der Waals surface area (Å²) >= 11 is 0. The van der Waals surface area contributed by atoms with Gasteiger partial charge in [-0.2, -0.15) is 5.10 Å². The lowest BCUT2D eigenvalue weighted by molar-refractivity contribution is -0.142. The van der Waals surface area contributed by atoms with Gasteiger partial charge in [0.1, 0.15) is 5.75 Å². The van der Waals surface area contributed by atoms with Crippen molar-refractivity contribution in [1.82, 2.24) is 19.6 Å². The molecule has 1 fully saturated rings. The van der Waals surface area contributed by atoms with E-state index in [1.807, 2.05) is 83.9 Å². The summed E-state index contributed by atoms with van der Waals surface area (Å²) in [5.41, 5.74) is 2.51. The first-order valence-electron chi connectivity index (χ1n) is 10.6. The van der Waals surface area contributed by atoms with E-state index < -0.39 is 6.10 Å². The van der Waals surface area contributed by atoms with Crippen molar-refractivity contribution in [2.75, 3.05) is 19.6 Å². The van der Waals surface area contributed by atoms with Crippen molar-refractivity contribution in [3.05, 3.63) is 59.8 Å². The van der Waals surface area contributed by atoms with Gasteiger partial charge in [0.05, 0.1) is 16.6 Å². The highest BCUT2D eigenvalue weighted by atomic mass is 16.5. The Labute approximate surface area is 182 Å². The molecule has 0 saturated carbocycles. The normalized spacial score (nSPS) is 17.6. The average Bonchev–Trinajstić information content (AvgIpc) is 3.07. The van der Waals surface area contributed by atoms with Gasteiger partial charge in [0.2, 0.25) is 0 Å². The van der Waals surface area contributed by atoms with Crippen molar-refractivity contribution >= 4 is 22.7 Å². The van der Waals surface area contributed by atoms with Gasteiger partial charge in [-0.25, -0.2) is 0 Å². The summed E-state index contributed by atoms with van der Waals surface area (Å²) in [5, 5.41) is 5.39. The summed E-state index contributed by atoms with van der Waals surface area (Å²) in [6, 6.07) is 14.9. The van der Waals surface area contributed by atoms with E-state index in [4.69, 9.17) is 4.74 Å². The number of ether oxygens (including phenoxy) is 1. The van der Waals surface area contributed by atoms with Gasteiger partial charge < -0.3 is 14.5 Å². The molecule has 2 aromatic carbocycles. The van der Waals surface area contributed by atoms with Crippen LogP contribution in [0.4, 0.5) is 0 Å². The van der Waals surface area contributed by atoms with Crippen molar-refractivity contribution < 1.29 is 14.3 Å². The van der Waals surface area contributed by atoms with Crippen molar-refractivity contribution in [1.29, 1.82) is 0 Å². The van der Waals surface area contributed by atoms with Crippen LogP contribution in [0.3, 0.4) is 0 Å². The third-order valence-electron chi connectivity index (χ3n) is 5.88. The number of carbonyl (C=O) groups excluding carboxylic acids is 2. The number of hydrogen-bond donors (Lipinski definition) is 0. The van der Waals surface area contributed by atoms with Crippen LogP contribution in [0.5, 0.6) is 5.75 Å². The van der Waals surface area contributed by atoms with Crippen molar-refractivity contribution in [3.63, 3.8) is 0 Å². The lowest BCUT2D eigenvalue weighted by Crippen LogP contribution is -2.57. The highest BCUT2D eigenvalue weighted by Crippen LogP contribution is 2.29. The molecular formula is C24H28N4O3. The van der Waals surface area contributed by atoms with Crippen LogP contribution >= 0.6 is 0 Å². The summed E-state index contributed by atoms with van der Waals surface area (Å²) in [4.78, 5) is 29.5. The zero-order valence-electron chi connectivity index (χ0n) is 18.4. The Morgan fingerprint density at radius 1 is 1.10 bits per heavy atom. The first kappa shape index (κ1) is 20.9. The van der Waals surface area contributed by atoms with Crippen LogP contribution in [0, 0.1) is 6.92 Å². The van der Waals surface area contributed by atoms with E-state index in [0.717, 1.165) is 16.6 Å². The Bertz CT molecular complexity index is 1110. The highest BCUT2D eigenvalue weighted by molar-refractivity contribution is 5.94. The molecule has 31 heavy (non-hydrogen) atoms. The van der Waals surface area contributed by atoms with Gasteiger partial charge in [-0.1, -0.05) is 24.3 Å². The van der Waals surface area contributed by atoms with Crippen LogP contribution in [0.2, 0.25) is 0 Å². The second kappa shape index (κ2) is 8.41. The van der Waals surface area contributed by atoms with Gasteiger partial charge >= 0.3 is 0 Å². The molecule has 2 atom stereocenters. The smallest absolute Gasteiger partial charge is 0.263 e. The minimum Gasteiger partial charge on any atom is -0.480 e. The highest BCUT2D eigenvalue weighted by Gasteiger charge is 2.33. The number of carbonyl (C=O) groups is 2. The van der Waals surface area contributed by atoms with Crippen LogP contribution in [0.1, 0.15) is 29.9 Å². The molecule has 4 rings (SSSR count). The van der Waals surface area contributed by atoms with E-state index in [9.17, 15) is 9.59 Å². The van der Waals surface area contributed by atoms with Crippen LogP contribution in [-0.2, 0) is 11.8 Å². The third-order valence-corrected chi connectivity index (χ3v) is 5.88. The first-order chi connectivity index (χ1) is 14.9. The van der Waals surface area contributed by atoms with E-state index in [2.05, 4.69) is 5.10 Å². The predicted octanol–water partition coefficient (Wildman–Crippen LogP) is 3.02. The monoisotopic (exact) mass is 420 g/mol. The Kier molecular flexibility index (Phi) is 5.67. The molecule has 7 heteroatoms. The van der Waals surface area contributed by atoms with Gasteiger partial charge in [-0.3, -0.25) is 14.3 Å². The fourth-order valence-corrected chi connectivity index (χ4v) is 4.29. The third kappa shape index (κ3) is 4.00. The summed E-state index contributed by atoms with van der Waals surface area (Å²) < 4.78 is 7.92. The van der Waals surface area contributed by atoms with E-state index in [0.29, 0.717) is 30.9 Å². The van der Waals surface area contributed by atoms with E-state index in [1.165, 1.54) is 0 Å². The topological polar surface area (TPSA) is 67.7 Å². The number of hydrogen-bond acceptors (Lipinski definition) is 4. The molecule has 2 amide bonds. The molecule has 3 aromatic rings. The molecular weight excluding hydrogens is 392 g/mol. The SMILES string of the molecule is Cc1nn(C)c2cccc(O[C@H](C)C(=O)N3CCN(C(=O)c4ccccc4)C[C@H]3C)c12. The van der Waals surface area contributed by atoms with Crippen LogP contribution < -0.4 is 4.74 Å². The second-order valence-corrected chi connectivity index (χ2v) is 8.12.